The van der Waals surface area contributed by atoms with E-state index in [9.17, 15) is 8.42 Å². The van der Waals surface area contributed by atoms with E-state index >= 15 is 0 Å². The molecule has 0 amide bonds. The minimum atomic E-state index is -3.63. The highest BCUT2D eigenvalue weighted by Crippen LogP contribution is 2.28. The first-order valence-electron chi connectivity index (χ1n) is 9.14. The lowest BCUT2D eigenvalue weighted by atomic mass is 10.2. The minimum absolute atomic E-state index is 0.107. The number of ether oxygens (including phenoxy) is 2. The van der Waals surface area contributed by atoms with Crippen LogP contribution in [-0.4, -0.2) is 49.7 Å². The van der Waals surface area contributed by atoms with Crippen LogP contribution in [0.1, 0.15) is 17.6 Å². The van der Waals surface area contributed by atoms with Crippen LogP contribution < -0.4 is 4.74 Å². The third kappa shape index (κ3) is 4.02. The largest absolute Gasteiger partial charge is 0.497 e. The highest BCUT2D eigenvalue weighted by Gasteiger charge is 2.34. The molecule has 0 aliphatic carbocycles. The summed E-state index contributed by atoms with van der Waals surface area (Å²) in [5.74, 6) is 1.31. The van der Waals surface area contributed by atoms with Gasteiger partial charge in [-0.25, -0.2) is 8.42 Å². The normalized spacial score (nSPS) is 17.9. The molecule has 4 rings (SSSR count). The van der Waals surface area contributed by atoms with Crippen LogP contribution in [-0.2, 0) is 14.8 Å². The molecule has 1 aliphatic rings. The van der Waals surface area contributed by atoms with Gasteiger partial charge in [0.25, 0.3) is 5.89 Å². The highest BCUT2D eigenvalue weighted by molar-refractivity contribution is 7.89. The van der Waals surface area contributed by atoms with E-state index < -0.39 is 16.1 Å². The Morgan fingerprint density at radius 2 is 1.97 bits per heavy atom. The highest BCUT2D eigenvalue weighted by atomic mass is 32.2. The first-order chi connectivity index (χ1) is 14.0. The van der Waals surface area contributed by atoms with Gasteiger partial charge in [0, 0.05) is 18.7 Å². The zero-order valence-corrected chi connectivity index (χ0v) is 16.9. The third-order valence-electron chi connectivity index (χ3n) is 4.73. The fraction of sp³-hybridized carbons (Fsp3) is 0.300. The standard InChI is InChI=1S/C20H21N3O5S/c1-14-6-8-17(9-7-14)29(24,25)23-10-11-27-18(13-23)20-21-19(22-28-20)15-4-3-5-16(12-15)26-2/h3-9,12,18H,10-11,13H2,1-2H3/t18-/m0/s1. The van der Waals surface area contributed by atoms with E-state index in [4.69, 9.17) is 14.0 Å². The summed E-state index contributed by atoms with van der Waals surface area (Å²) in [6, 6.07) is 14.1. The average Bonchev–Trinajstić information content (AvgIpc) is 3.25. The molecule has 0 spiro atoms. The predicted octanol–water partition coefficient (Wildman–Crippen LogP) is 2.82. The first-order valence-corrected chi connectivity index (χ1v) is 10.6. The van der Waals surface area contributed by atoms with Crippen LogP contribution in [0.25, 0.3) is 11.4 Å². The van der Waals surface area contributed by atoms with Crippen molar-refractivity contribution < 1.29 is 22.4 Å². The predicted molar refractivity (Wildman–Crippen MR) is 105 cm³/mol. The molecule has 1 aliphatic heterocycles. The van der Waals surface area contributed by atoms with Crippen molar-refractivity contribution in [3.63, 3.8) is 0 Å². The van der Waals surface area contributed by atoms with Gasteiger partial charge in [-0.05, 0) is 31.2 Å². The SMILES string of the molecule is COc1cccc(-c2noc([C@@H]3CN(S(=O)(=O)c4ccc(C)cc4)CCO3)n2)c1. The van der Waals surface area contributed by atoms with Gasteiger partial charge in [-0.1, -0.05) is 35.0 Å². The van der Waals surface area contributed by atoms with Crippen LogP contribution in [0.4, 0.5) is 0 Å². The topological polar surface area (TPSA) is 94.8 Å². The summed E-state index contributed by atoms with van der Waals surface area (Å²) < 4.78 is 43.6. The first kappa shape index (κ1) is 19.6. The number of methoxy groups -OCH3 is 1. The molecule has 1 aromatic heterocycles. The Morgan fingerprint density at radius 3 is 2.72 bits per heavy atom. The molecule has 0 unspecified atom stereocenters. The van der Waals surface area contributed by atoms with Crippen molar-refractivity contribution in [2.24, 2.45) is 0 Å². The van der Waals surface area contributed by atoms with Crippen molar-refractivity contribution in [3.05, 3.63) is 60.0 Å². The molecule has 0 saturated carbocycles. The Labute approximate surface area is 169 Å². The lowest BCUT2D eigenvalue weighted by Gasteiger charge is -2.30. The maximum Gasteiger partial charge on any atom is 0.257 e. The molecule has 152 valence electrons. The maximum absolute atomic E-state index is 13.0. The van der Waals surface area contributed by atoms with E-state index in [2.05, 4.69) is 10.1 Å². The molecule has 2 aromatic carbocycles. The number of hydrogen-bond donors (Lipinski definition) is 0. The molecule has 9 heteroatoms. The second kappa shape index (κ2) is 7.94. The molecular weight excluding hydrogens is 394 g/mol. The van der Waals surface area contributed by atoms with Crippen molar-refractivity contribution in [2.45, 2.75) is 17.9 Å². The Hall–Kier alpha value is -2.75. The molecular formula is C20H21N3O5S. The number of benzene rings is 2. The maximum atomic E-state index is 13.0. The summed E-state index contributed by atoms with van der Waals surface area (Å²) in [4.78, 5) is 4.66. The Balaban J connectivity index is 1.54. The van der Waals surface area contributed by atoms with E-state index in [1.807, 2.05) is 25.1 Å². The zero-order valence-electron chi connectivity index (χ0n) is 16.1. The quantitative estimate of drug-likeness (QED) is 0.632. The molecule has 2 heterocycles. The van der Waals surface area contributed by atoms with E-state index in [-0.39, 0.29) is 30.5 Å². The van der Waals surface area contributed by atoms with E-state index in [1.54, 1.807) is 37.4 Å². The molecule has 1 saturated heterocycles. The molecule has 0 radical (unpaired) electrons. The summed E-state index contributed by atoms with van der Waals surface area (Å²) in [5, 5.41) is 4.00. The van der Waals surface area contributed by atoms with Gasteiger partial charge in [0.2, 0.25) is 15.8 Å². The zero-order chi connectivity index (χ0) is 20.4. The molecule has 29 heavy (non-hydrogen) atoms. The summed E-state index contributed by atoms with van der Waals surface area (Å²) in [6.45, 7) is 2.53. The van der Waals surface area contributed by atoms with E-state index in [0.717, 1.165) is 11.1 Å². The van der Waals surface area contributed by atoms with Gasteiger partial charge < -0.3 is 14.0 Å². The fourth-order valence-electron chi connectivity index (χ4n) is 3.10. The summed E-state index contributed by atoms with van der Waals surface area (Å²) >= 11 is 0. The van der Waals surface area contributed by atoms with Gasteiger partial charge >= 0.3 is 0 Å². The van der Waals surface area contributed by atoms with Crippen LogP contribution in [0.15, 0.2) is 57.9 Å². The second-order valence-electron chi connectivity index (χ2n) is 6.72. The minimum Gasteiger partial charge on any atom is -0.497 e. The van der Waals surface area contributed by atoms with Gasteiger partial charge in [-0.15, -0.1) is 0 Å². The number of nitrogens with zero attached hydrogens (tertiary/aromatic N) is 3. The van der Waals surface area contributed by atoms with Gasteiger partial charge in [0.15, 0.2) is 6.10 Å². The molecule has 0 bridgehead atoms. The van der Waals surface area contributed by atoms with Crippen molar-refractivity contribution in [1.82, 2.24) is 14.4 Å². The van der Waals surface area contributed by atoms with Gasteiger partial charge in [0.1, 0.15) is 5.75 Å². The number of aryl methyl sites for hydroxylation is 1. The number of sulfonamides is 1. The van der Waals surface area contributed by atoms with E-state index in [1.165, 1.54) is 4.31 Å². The van der Waals surface area contributed by atoms with Crippen LogP contribution in [0.3, 0.4) is 0 Å². The van der Waals surface area contributed by atoms with Crippen molar-refractivity contribution >= 4 is 10.0 Å². The summed E-state index contributed by atoms with van der Waals surface area (Å²) in [5.41, 5.74) is 1.74. The number of morpholine rings is 1. The monoisotopic (exact) mass is 415 g/mol. The average molecular weight is 415 g/mol. The third-order valence-corrected chi connectivity index (χ3v) is 6.61. The molecule has 3 aromatic rings. The second-order valence-corrected chi connectivity index (χ2v) is 8.66. The van der Waals surface area contributed by atoms with Crippen LogP contribution in [0.2, 0.25) is 0 Å². The van der Waals surface area contributed by atoms with Crippen LogP contribution in [0, 0.1) is 6.92 Å². The van der Waals surface area contributed by atoms with Crippen molar-refractivity contribution in [1.29, 1.82) is 0 Å². The Morgan fingerprint density at radius 1 is 1.17 bits per heavy atom. The Bertz CT molecular complexity index is 1100. The number of aromatic nitrogens is 2. The van der Waals surface area contributed by atoms with Crippen LogP contribution in [0.5, 0.6) is 5.75 Å². The fourth-order valence-corrected chi connectivity index (χ4v) is 4.52. The summed E-state index contributed by atoms with van der Waals surface area (Å²) in [6.07, 6.45) is -0.629. The van der Waals surface area contributed by atoms with Gasteiger partial charge in [0.05, 0.1) is 18.6 Å². The Kier molecular flexibility index (Phi) is 5.35. The number of rotatable bonds is 5. The summed E-state index contributed by atoms with van der Waals surface area (Å²) in [7, 11) is -2.04. The van der Waals surface area contributed by atoms with Crippen LogP contribution >= 0.6 is 0 Å². The smallest absolute Gasteiger partial charge is 0.257 e. The lowest BCUT2D eigenvalue weighted by molar-refractivity contribution is -0.0199. The molecule has 1 atom stereocenters. The van der Waals surface area contributed by atoms with Crippen molar-refractivity contribution in [3.8, 4) is 17.1 Å². The van der Waals surface area contributed by atoms with Gasteiger partial charge in [-0.2, -0.15) is 9.29 Å². The van der Waals surface area contributed by atoms with Gasteiger partial charge in [-0.3, -0.25) is 0 Å². The molecule has 1 fully saturated rings. The van der Waals surface area contributed by atoms with Crippen molar-refractivity contribution in [2.75, 3.05) is 26.8 Å². The van der Waals surface area contributed by atoms with E-state index in [0.29, 0.717) is 11.6 Å². The lowest BCUT2D eigenvalue weighted by Crippen LogP contribution is -2.42. The molecule has 8 nitrogen and oxygen atoms in total. The molecule has 0 N–H and O–H groups in total. The number of hydrogen-bond acceptors (Lipinski definition) is 7.